The predicted octanol–water partition coefficient (Wildman–Crippen LogP) is -2.55. The number of halogens is 1. The van der Waals surface area contributed by atoms with E-state index in [4.69, 9.17) is 0 Å². The van der Waals surface area contributed by atoms with E-state index < -0.39 is 29.7 Å². The lowest BCUT2D eigenvalue weighted by molar-refractivity contribution is -0.496. The summed E-state index contributed by atoms with van der Waals surface area (Å²) in [7, 11) is 0. The van der Waals surface area contributed by atoms with Crippen molar-refractivity contribution in [2.24, 2.45) is 0 Å². The van der Waals surface area contributed by atoms with E-state index in [2.05, 4.69) is 41.5 Å². The fraction of sp³-hybridized carbons (Fsp3) is 0.462. The van der Waals surface area contributed by atoms with Crippen molar-refractivity contribution in [2.45, 2.75) is 82.6 Å². The van der Waals surface area contributed by atoms with Gasteiger partial charge in [-0.05, 0) is 86.7 Å². The highest BCUT2D eigenvalue weighted by molar-refractivity contribution is 8.14. The van der Waals surface area contributed by atoms with E-state index in [0.717, 1.165) is 28.8 Å². The average Bonchev–Trinajstić information content (AvgIpc) is 3.92. The number of thioether (sulfide) groups is 1. The summed E-state index contributed by atoms with van der Waals surface area (Å²) in [6, 6.07) is 12.6. The van der Waals surface area contributed by atoms with Crippen molar-refractivity contribution in [3.63, 3.8) is 0 Å². The number of piperidine rings is 1. The van der Waals surface area contributed by atoms with E-state index in [9.17, 15) is 28.8 Å². The van der Waals surface area contributed by atoms with Crippen molar-refractivity contribution in [1.29, 1.82) is 0 Å². The number of hydrogen-bond acceptors (Lipinski definition) is 12. The zero-order valence-electron chi connectivity index (χ0n) is 31.9. The molecule has 3 aromatic rings. The molecule has 1 aromatic heterocycles. The number of aryl methyl sites for hydroxylation is 1. The van der Waals surface area contributed by atoms with Gasteiger partial charge in [0.15, 0.2) is 0 Å². The van der Waals surface area contributed by atoms with E-state index in [1.807, 2.05) is 29.2 Å². The number of carbonyl (C=O) groups is 6. The second-order valence-corrected chi connectivity index (χ2v) is 16.0. The number of piperazine rings is 1. The lowest BCUT2D eigenvalue weighted by Crippen LogP contribution is -3.00. The van der Waals surface area contributed by atoms with Gasteiger partial charge in [0.05, 0.1) is 29.6 Å². The molecule has 5 heterocycles. The van der Waals surface area contributed by atoms with Crippen LogP contribution in [-0.4, -0.2) is 115 Å². The minimum Gasteiger partial charge on any atom is -1.00 e. The highest BCUT2D eigenvalue weighted by atomic mass is 35.5. The smallest absolute Gasteiger partial charge is 0.305 e. The van der Waals surface area contributed by atoms with Crippen molar-refractivity contribution >= 4 is 69.4 Å². The molecule has 0 bridgehead atoms. The molecule has 8 rings (SSSR count). The minimum atomic E-state index is -1.04. The van der Waals surface area contributed by atoms with Crippen LogP contribution < -0.4 is 43.6 Å². The number of imide groups is 2. The lowest BCUT2D eigenvalue weighted by atomic mass is 9.92. The Bertz CT molecular complexity index is 2100. The first-order valence-corrected chi connectivity index (χ1v) is 20.6. The summed E-state index contributed by atoms with van der Waals surface area (Å²) in [4.78, 5) is 84.9. The number of rotatable bonds is 12. The van der Waals surface area contributed by atoms with E-state index >= 15 is 0 Å². The first-order chi connectivity index (χ1) is 27.7. The quantitative estimate of drug-likeness (QED) is 0.120. The Morgan fingerprint density at radius 2 is 1.74 bits per heavy atom. The maximum atomic E-state index is 13.4. The van der Waals surface area contributed by atoms with Gasteiger partial charge in [-0.3, -0.25) is 54.0 Å². The lowest BCUT2D eigenvalue weighted by Gasteiger charge is -2.36. The third kappa shape index (κ3) is 8.97. The Morgan fingerprint density at radius 1 is 0.948 bits per heavy atom. The van der Waals surface area contributed by atoms with Crippen LogP contribution in [0.5, 0.6) is 0 Å². The van der Waals surface area contributed by atoms with Gasteiger partial charge in [0, 0.05) is 62.6 Å². The summed E-state index contributed by atoms with van der Waals surface area (Å²) in [5, 5.41) is 21.3. The van der Waals surface area contributed by atoms with Gasteiger partial charge in [-0.1, -0.05) is 11.3 Å². The van der Waals surface area contributed by atoms with E-state index in [0.29, 0.717) is 61.0 Å². The largest absolute Gasteiger partial charge is 1.00 e. The Morgan fingerprint density at radius 3 is 2.52 bits per heavy atom. The molecule has 2 saturated heterocycles. The molecule has 0 radical (unpaired) electrons. The monoisotopic (exact) mass is 831 g/mol. The molecule has 6 amide bonds. The molecule has 4 aliphatic heterocycles. The highest BCUT2D eigenvalue weighted by Gasteiger charge is 2.45. The molecular formula is C39H46ClN11O6S. The van der Waals surface area contributed by atoms with E-state index in [1.165, 1.54) is 25.7 Å². The summed E-state index contributed by atoms with van der Waals surface area (Å²) in [6.45, 7) is 3.53. The minimum absolute atomic E-state index is 0. The number of nitrogens with one attached hydrogen (secondary N) is 5. The van der Waals surface area contributed by atoms with Crippen LogP contribution in [0.2, 0.25) is 0 Å². The molecule has 17 nitrogen and oxygen atoms in total. The summed E-state index contributed by atoms with van der Waals surface area (Å²) in [5.74, 6) is -1.77. The van der Waals surface area contributed by atoms with Crippen molar-refractivity contribution in [3.8, 4) is 0 Å². The van der Waals surface area contributed by atoms with Crippen molar-refractivity contribution in [2.75, 3.05) is 47.5 Å². The third-order valence-corrected chi connectivity index (χ3v) is 12.1. The molecule has 1 unspecified atom stereocenters. The molecule has 3 fully saturated rings. The van der Waals surface area contributed by atoms with E-state index in [-0.39, 0.29) is 61.2 Å². The normalized spacial score (nSPS) is 21.4. The van der Waals surface area contributed by atoms with Crippen molar-refractivity contribution < 1.29 is 46.2 Å². The van der Waals surface area contributed by atoms with Crippen LogP contribution in [0.4, 0.5) is 17.1 Å². The predicted molar refractivity (Wildman–Crippen MR) is 211 cm³/mol. The fourth-order valence-electron chi connectivity index (χ4n) is 8.13. The van der Waals surface area contributed by atoms with Gasteiger partial charge in [0.25, 0.3) is 11.8 Å². The van der Waals surface area contributed by atoms with Crippen LogP contribution in [0.3, 0.4) is 0 Å². The number of hydrogen-bond donors (Lipinski definition) is 5. The zero-order valence-corrected chi connectivity index (χ0v) is 33.4. The number of anilines is 3. The second kappa shape index (κ2) is 18.0. The van der Waals surface area contributed by atoms with Crippen LogP contribution in [-0.2, 0) is 32.3 Å². The summed E-state index contributed by atoms with van der Waals surface area (Å²) in [6.07, 6.45) is 7.61. The molecule has 5 aliphatic rings. The maximum Gasteiger partial charge on any atom is 0.305 e. The Kier molecular flexibility index (Phi) is 12.6. The van der Waals surface area contributed by atoms with Crippen molar-refractivity contribution in [1.82, 2.24) is 35.4 Å². The molecule has 0 spiro atoms. The molecular weight excluding hydrogens is 786 g/mol. The van der Waals surface area contributed by atoms with Gasteiger partial charge in [-0.2, -0.15) is 0 Å². The summed E-state index contributed by atoms with van der Waals surface area (Å²) >= 11 is 1.58. The second-order valence-electron chi connectivity index (χ2n) is 15.0. The molecule has 3 atom stereocenters. The van der Waals surface area contributed by atoms with Crippen LogP contribution in [0.1, 0.15) is 77.8 Å². The van der Waals surface area contributed by atoms with E-state index in [1.54, 1.807) is 40.8 Å². The number of amides is 6. The fourth-order valence-corrected chi connectivity index (χ4v) is 9.05. The Labute approximate surface area is 345 Å². The molecule has 58 heavy (non-hydrogen) atoms. The average molecular weight is 832 g/mol. The topological polar surface area (TPSA) is 205 Å². The highest BCUT2D eigenvalue weighted by Crippen LogP contribution is 2.32. The van der Waals surface area contributed by atoms with Gasteiger partial charge in [-0.25, -0.2) is 0 Å². The van der Waals surface area contributed by atoms with Gasteiger partial charge in [-0.15, -0.1) is 5.10 Å². The summed E-state index contributed by atoms with van der Waals surface area (Å²) in [5.41, 5.74) is 3.13. The van der Waals surface area contributed by atoms with Gasteiger partial charge >= 0.3 is 5.17 Å². The number of fused-ring (bicyclic) bond motifs is 2. The number of aromatic nitrogens is 3. The third-order valence-electron chi connectivity index (χ3n) is 11.2. The molecule has 19 heteroatoms. The van der Waals surface area contributed by atoms with Gasteiger partial charge in [0.2, 0.25) is 23.6 Å². The van der Waals surface area contributed by atoms with Crippen molar-refractivity contribution in [3.05, 3.63) is 65.5 Å². The molecule has 306 valence electrons. The zero-order chi connectivity index (χ0) is 39.5. The number of nitrogens with zero attached hydrogens (tertiary/aromatic N) is 6. The standard InChI is InChI=1S/C39H45N11O6S.ClH/c51-32(41-24-10-12-26(13-11-24)47-17-19-48(20-18-47)34(53)23-57-39-42-28-6-1-2-7-29(28)43-39)9-4-16-49-22-25(45-46-49)21-40-30-8-3-5-27-35(30)38(56)50(37(27)55)31-14-15-33(52)44-36(31)54;/h3,5,8,10-13,22,28-29,31,40H,1-2,4,6-7,9,14-21,23H2,(H,41,51)(H,42,43)(H,44,52,54);1H/t28-,29-,31?;/m1./s1. The SMILES string of the molecule is O=C1CCC(N2C(=O)c3cccc(NCc4cn(CCCC(=O)Nc5ccc(N6CCN(C(=O)CSC7=[NH+][C@@H]8CCCC[C@H]8N7)CC6)cc5)nn4)c3C2=O)C(=O)N1.[Cl-]. The first kappa shape index (κ1) is 40.7. The first-order valence-electron chi connectivity index (χ1n) is 19.6. The van der Waals surface area contributed by atoms with Crippen LogP contribution in [0.15, 0.2) is 48.7 Å². The van der Waals surface area contributed by atoms with Crippen LogP contribution in [0.25, 0.3) is 0 Å². The maximum absolute atomic E-state index is 13.4. The van der Waals surface area contributed by atoms with Gasteiger partial charge < -0.3 is 32.8 Å². The summed E-state index contributed by atoms with van der Waals surface area (Å²) < 4.78 is 1.65. The number of amidine groups is 1. The molecule has 1 aliphatic carbocycles. The van der Waals surface area contributed by atoms with Crippen LogP contribution in [0, 0.1) is 0 Å². The molecule has 1 saturated carbocycles. The Balaban J connectivity index is 0.00000512. The number of benzene rings is 2. The number of carbonyl (C=O) groups excluding carboxylic acids is 6. The molecule has 5 N–H and O–H groups in total. The van der Waals surface area contributed by atoms with Crippen LogP contribution >= 0.6 is 11.8 Å². The van der Waals surface area contributed by atoms with Gasteiger partial charge in [0.1, 0.15) is 23.8 Å². The Hall–Kier alpha value is -5.49. The molecule has 2 aromatic carbocycles.